The van der Waals surface area contributed by atoms with Crippen molar-refractivity contribution in [2.24, 2.45) is 11.8 Å². The number of aromatic nitrogens is 1. The fourth-order valence-corrected chi connectivity index (χ4v) is 9.17. The third-order valence-corrected chi connectivity index (χ3v) is 12.0. The van der Waals surface area contributed by atoms with Gasteiger partial charge in [0, 0.05) is 24.8 Å². The maximum Gasteiger partial charge on any atom is 0.318 e. The highest BCUT2D eigenvalue weighted by Gasteiger charge is 2.59. The summed E-state index contributed by atoms with van der Waals surface area (Å²) in [5.74, 6) is 0.702. The molecule has 13 heteroatoms. The third-order valence-electron chi connectivity index (χ3n) is 10.3. The summed E-state index contributed by atoms with van der Waals surface area (Å²) in [6, 6.07) is 14.8. The number of carbonyl (C=O) groups is 2. The Kier molecular flexibility index (Phi) is 10.3. The van der Waals surface area contributed by atoms with Gasteiger partial charge in [0.1, 0.15) is 5.75 Å². The number of piperidine rings is 2. The number of sulfonamides is 1. The van der Waals surface area contributed by atoms with E-state index in [9.17, 15) is 18.5 Å². The van der Waals surface area contributed by atoms with Gasteiger partial charge in [-0.15, -0.1) is 0 Å². The molecular formula is C37H44N6O6S. The van der Waals surface area contributed by atoms with Crippen LogP contribution in [-0.2, 0) is 20.4 Å². The number of nitriles is 1. The molecule has 1 atom stereocenters. The number of benzene rings is 2. The average Bonchev–Trinajstić information content (AvgIpc) is 3.39. The minimum absolute atomic E-state index is 0.0181. The Labute approximate surface area is 294 Å². The highest BCUT2D eigenvalue weighted by Crippen LogP contribution is 2.49. The van der Waals surface area contributed by atoms with Gasteiger partial charge in [-0.05, 0) is 125 Å². The van der Waals surface area contributed by atoms with Crippen molar-refractivity contribution in [1.29, 1.82) is 5.26 Å². The first-order valence-corrected chi connectivity index (χ1v) is 18.8. The van der Waals surface area contributed by atoms with E-state index in [0.29, 0.717) is 35.0 Å². The second-order valence-electron chi connectivity index (χ2n) is 13.1. The lowest BCUT2D eigenvalue weighted by Crippen LogP contribution is -2.58. The molecule has 50 heavy (non-hydrogen) atoms. The Bertz CT molecular complexity index is 1860. The van der Waals surface area contributed by atoms with Crippen LogP contribution < -0.4 is 19.1 Å². The van der Waals surface area contributed by atoms with Crippen molar-refractivity contribution < 1.29 is 27.5 Å². The molecule has 6 rings (SSSR count). The van der Waals surface area contributed by atoms with Crippen LogP contribution in [0, 0.1) is 23.2 Å². The molecule has 3 aromatic rings. The quantitative estimate of drug-likeness (QED) is 0.313. The summed E-state index contributed by atoms with van der Waals surface area (Å²) in [5, 5.41) is 12.9. The summed E-state index contributed by atoms with van der Waals surface area (Å²) in [4.78, 5) is 37.9. The van der Waals surface area contributed by atoms with Crippen molar-refractivity contribution in [3.63, 3.8) is 0 Å². The molecule has 2 aromatic carbocycles. The summed E-state index contributed by atoms with van der Waals surface area (Å²) in [6.45, 7) is 8.52. The number of amides is 3. The van der Waals surface area contributed by atoms with Crippen LogP contribution >= 0.6 is 0 Å². The predicted molar refractivity (Wildman–Crippen MR) is 187 cm³/mol. The molecule has 1 unspecified atom stereocenters. The van der Waals surface area contributed by atoms with E-state index in [-0.39, 0.29) is 39.8 Å². The van der Waals surface area contributed by atoms with Crippen molar-refractivity contribution in [3.8, 4) is 17.7 Å². The summed E-state index contributed by atoms with van der Waals surface area (Å²) < 4.78 is 40.5. The van der Waals surface area contributed by atoms with Crippen LogP contribution in [0.2, 0.25) is 0 Å². The van der Waals surface area contributed by atoms with E-state index in [1.54, 1.807) is 24.0 Å². The van der Waals surface area contributed by atoms with Crippen LogP contribution in [0.25, 0.3) is 0 Å². The zero-order valence-electron chi connectivity index (χ0n) is 28.8. The van der Waals surface area contributed by atoms with Crippen molar-refractivity contribution in [2.45, 2.75) is 56.4 Å². The summed E-state index contributed by atoms with van der Waals surface area (Å²) in [5.41, 5.74) is -1.58. The zero-order chi connectivity index (χ0) is 35.5. The van der Waals surface area contributed by atoms with Crippen LogP contribution in [0.15, 0.2) is 65.7 Å². The number of methoxy groups -OCH3 is 1. The highest BCUT2D eigenvalue weighted by atomic mass is 32.2. The maximum atomic E-state index is 15.1. The molecule has 0 bridgehead atoms. The van der Waals surface area contributed by atoms with Crippen LogP contribution in [0.1, 0.15) is 62.6 Å². The first-order chi connectivity index (χ1) is 24.2. The molecule has 0 spiro atoms. The topological polar surface area (TPSA) is 145 Å². The normalized spacial score (nSPS) is 20.3. The molecule has 3 amide bonds. The summed E-state index contributed by atoms with van der Waals surface area (Å²) in [6.07, 6.45) is 6.66. The van der Waals surface area contributed by atoms with E-state index in [2.05, 4.69) is 28.2 Å². The second kappa shape index (κ2) is 14.7. The van der Waals surface area contributed by atoms with Gasteiger partial charge in [0.15, 0.2) is 5.54 Å². The fraction of sp³-hybridized carbons (Fsp3) is 0.459. The Balaban J connectivity index is 1.38. The fourth-order valence-electron chi connectivity index (χ4n) is 7.71. The van der Waals surface area contributed by atoms with Gasteiger partial charge in [0.2, 0.25) is 5.88 Å². The number of nitrogens with zero attached hydrogens (tertiary/aromatic N) is 5. The van der Waals surface area contributed by atoms with Crippen LogP contribution in [0.3, 0.4) is 0 Å². The molecule has 12 nitrogen and oxygen atoms in total. The number of rotatable bonds is 10. The molecule has 1 aromatic heterocycles. The molecule has 4 heterocycles. The number of hydrogen-bond donors (Lipinski definition) is 1. The first-order valence-electron chi connectivity index (χ1n) is 17.3. The molecule has 0 saturated carbocycles. The maximum absolute atomic E-state index is 15.1. The molecule has 2 saturated heterocycles. The van der Waals surface area contributed by atoms with Crippen molar-refractivity contribution in [3.05, 3.63) is 77.5 Å². The van der Waals surface area contributed by atoms with Crippen LogP contribution in [0.4, 0.5) is 10.5 Å². The highest BCUT2D eigenvalue weighted by molar-refractivity contribution is 7.93. The monoisotopic (exact) mass is 700 g/mol. The summed E-state index contributed by atoms with van der Waals surface area (Å²) in [7, 11) is -3.05. The summed E-state index contributed by atoms with van der Waals surface area (Å²) >= 11 is 0. The predicted octanol–water partition coefficient (Wildman–Crippen LogP) is 4.88. The minimum atomic E-state index is -4.52. The van der Waals surface area contributed by atoms with Gasteiger partial charge < -0.3 is 24.6 Å². The lowest BCUT2D eigenvalue weighted by Gasteiger charge is -2.41. The average molecular weight is 701 g/mol. The Morgan fingerprint density at radius 2 is 1.68 bits per heavy atom. The van der Waals surface area contributed by atoms with E-state index in [4.69, 9.17) is 9.47 Å². The van der Waals surface area contributed by atoms with Crippen molar-refractivity contribution >= 4 is 27.6 Å². The molecule has 264 valence electrons. The van der Waals surface area contributed by atoms with E-state index in [0.717, 1.165) is 51.7 Å². The van der Waals surface area contributed by atoms with Gasteiger partial charge in [-0.1, -0.05) is 6.92 Å². The second-order valence-corrected chi connectivity index (χ2v) is 14.9. The Morgan fingerprint density at radius 1 is 1.00 bits per heavy atom. The molecular weight excluding hydrogens is 657 g/mol. The van der Waals surface area contributed by atoms with Gasteiger partial charge in [-0.3, -0.25) is 4.79 Å². The largest absolute Gasteiger partial charge is 0.497 e. The molecule has 3 aliphatic heterocycles. The Hall–Kier alpha value is -4.67. The van der Waals surface area contributed by atoms with Gasteiger partial charge in [0.25, 0.3) is 15.9 Å². The van der Waals surface area contributed by atoms with Gasteiger partial charge in [-0.2, -0.15) is 9.57 Å². The molecule has 0 radical (unpaired) electrons. The Morgan fingerprint density at radius 3 is 2.30 bits per heavy atom. The minimum Gasteiger partial charge on any atom is -0.497 e. The van der Waals surface area contributed by atoms with Gasteiger partial charge >= 0.3 is 6.03 Å². The van der Waals surface area contributed by atoms with Gasteiger partial charge in [0.05, 0.1) is 41.5 Å². The zero-order valence-corrected chi connectivity index (χ0v) is 29.6. The number of urea groups is 1. The number of fused-ring (bicyclic) bond motifs is 1. The third kappa shape index (κ3) is 6.38. The van der Waals surface area contributed by atoms with Gasteiger partial charge in [-0.25, -0.2) is 18.2 Å². The lowest BCUT2D eigenvalue weighted by molar-refractivity contribution is -0.121. The van der Waals surface area contributed by atoms with Crippen molar-refractivity contribution in [1.82, 2.24) is 20.1 Å². The SMILES string of the molecule is CCCN1CCC(C2CCN(C(=O)NC3(c4cccnc4OCC)C(=O)N(S(=O)(=O)c4ccc(OC)cc4)c4ccc(C#N)cc43)CC2)CC1. The van der Waals surface area contributed by atoms with Crippen LogP contribution in [-0.4, -0.2) is 81.6 Å². The number of pyridine rings is 1. The van der Waals surface area contributed by atoms with Crippen molar-refractivity contribution in [2.75, 3.05) is 50.7 Å². The van der Waals surface area contributed by atoms with E-state index in [1.807, 2.05) is 0 Å². The molecule has 2 fully saturated rings. The smallest absolute Gasteiger partial charge is 0.318 e. The molecule has 3 aliphatic rings. The van der Waals surface area contributed by atoms with E-state index >= 15 is 4.79 Å². The number of anilines is 1. The molecule has 1 N–H and O–H groups in total. The first kappa shape index (κ1) is 35.2. The lowest BCUT2D eigenvalue weighted by atomic mass is 9.78. The number of hydrogen-bond acceptors (Lipinski definition) is 9. The molecule has 0 aliphatic carbocycles. The van der Waals surface area contributed by atoms with E-state index < -0.39 is 27.5 Å². The number of carbonyl (C=O) groups excluding carboxylic acids is 2. The number of likely N-dealkylation sites (tertiary alicyclic amines) is 2. The van der Waals surface area contributed by atoms with E-state index in [1.165, 1.54) is 55.8 Å². The standard InChI is InChI=1S/C37H44N6O6S/c1-4-19-41-20-14-27(15-21-41)28-16-22-42(23-17-28)36(45)40-37(31-7-6-18-39-34(31)49-5-2)32-24-26(25-38)8-13-33(32)43(35(37)44)50(46,47)30-11-9-29(48-3)10-12-30/h6-13,18,24,27-28H,4-5,14-17,19-23H2,1-3H3,(H,40,45). The van der Waals surface area contributed by atoms with Crippen LogP contribution in [0.5, 0.6) is 11.6 Å². The number of nitrogens with one attached hydrogen (secondary N) is 1. The number of ether oxygens (including phenoxy) is 2.